The smallest absolute Gasteiger partial charge is 0.225 e. The van der Waals surface area contributed by atoms with Gasteiger partial charge in [-0.1, -0.05) is 18.9 Å². The molecule has 2 fully saturated rings. The highest BCUT2D eigenvalue weighted by Crippen LogP contribution is 2.31. The van der Waals surface area contributed by atoms with Gasteiger partial charge in [0.2, 0.25) is 5.91 Å². The fourth-order valence-electron chi connectivity index (χ4n) is 4.01. The zero-order valence-corrected chi connectivity index (χ0v) is 15.2. The van der Waals surface area contributed by atoms with Crippen molar-refractivity contribution in [1.82, 2.24) is 19.9 Å². The summed E-state index contributed by atoms with van der Waals surface area (Å²) in [7, 11) is 0. The highest BCUT2D eigenvalue weighted by Gasteiger charge is 2.33. The fraction of sp³-hybridized carbons (Fsp3) is 0.500. The first kappa shape index (κ1) is 16.9. The van der Waals surface area contributed by atoms with Gasteiger partial charge in [-0.05, 0) is 38.3 Å². The average molecular weight is 351 g/mol. The molecule has 3 heterocycles. The van der Waals surface area contributed by atoms with Gasteiger partial charge in [0.15, 0.2) is 0 Å². The zero-order chi connectivity index (χ0) is 17.9. The van der Waals surface area contributed by atoms with E-state index < -0.39 is 0 Å². The first-order valence-electron chi connectivity index (χ1n) is 9.51. The van der Waals surface area contributed by atoms with Crippen LogP contribution in [0.5, 0.6) is 0 Å². The molecule has 0 bridgehead atoms. The Morgan fingerprint density at radius 2 is 2.00 bits per heavy atom. The van der Waals surface area contributed by atoms with Gasteiger partial charge >= 0.3 is 0 Å². The number of hydrogen-bond acceptors (Lipinski definition) is 5. The third kappa shape index (κ3) is 3.69. The maximum atomic E-state index is 12.7. The van der Waals surface area contributed by atoms with Crippen molar-refractivity contribution in [3.8, 4) is 0 Å². The van der Waals surface area contributed by atoms with E-state index in [1.54, 1.807) is 6.20 Å². The van der Waals surface area contributed by atoms with Gasteiger partial charge in [0.25, 0.3) is 0 Å². The molecule has 1 atom stereocenters. The van der Waals surface area contributed by atoms with Crippen LogP contribution in [0.1, 0.15) is 49.5 Å². The van der Waals surface area contributed by atoms with E-state index in [0.29, 0.717) is 5.91 Å². The number of pyridine rings is 1. The summed E-state index contributed by atoms with van der Waals surface area (Å²) in [5.41, 5.74) is 0.925. The average Bonchev–Trinajstić information content (AvgIpc) is 3.34. The summed E-state index contributed by atoms with van der Waals surface area (Å²) in [4.78, 5) is 28.3. The largest absolute Gasteiger partial charge is 0.342 e. The standard InChI is InChI=1S/C20H25N5O/c1-14-12-18(23-17-8-4-5-10-21-17)24-19(22-14)16-9-11-25(13-16)20(26)15-6-2-3-7-15/h4-5,8,10,12,15-16H,2-3,6-7,9,11,13H2,1H3,(H,21,22,23,24)/t16-/m0/s1. The van der Waals surface area contributed by atoms with Gasteiger partial charge in [-0.2, -0.15) is 0 Å². The predicted octanol–water partition coefficient (Wildman–Crippen LogP) is 3.43. The van der Waals surface area contributed by atoms with Gasteiger partial charge in [-0.25, -0.2) is 15.0 Å². The normalized spacial score (nSPS) is 20.5. The lowest BCUT2D eigenvalue weighted by Crippen LogP contribution is -2.33. The highest BCUT2D eigenvalue weighted by molar-refractivity contribution is 5.79. The molecule has 2 aliphatic rings. The summed E-state index contributed by atoms with van der Waals surface area (Å²) >= 11 is 0. The number of carbonyl (C=O) groups excluding carboxylic acids is 1. The van der Waals surface area contributed by atoms with Crippen LogP contribution in [0.3, 0.4) is 0 Å². The Kier molecular flexibility index (Phi) is 4.82. The van der Waals surface area contributed by atoms with E-state index in [-0.39, 0.29) is 11.8 Å². The van der Waals surface area contributed by atoms with Crippen LogP contribution in [-0.4, -0.2) is 38.8 Å². The van der Waals surface area contributed by atoms with Gasteiger partial charge in [-0.15, -0.1) is 0 Å². The Morgan fingerprint density at radius 1 is 1.15 bits per heavy atom. The molecule has 0 radical (unpaired) electrons. The van der Waals surface area contributed by atoms with Crippen LogP contribution in [0.15, 0.2) is 30.5 Å². The first-order valence-corrected chi connectivity index (χ1v) is 9.51. The molecule has 1 N–H and O–H groups in total. The molecule has 1 amide bonds. The molecule has 26 heavy (non-hydrogen) atoms. The van der Waals surface area contributed by atoms with Crippen molar-refractivity contribution in [2.45, 2.75) is 44.9 Å². The Morgan fingerprint density at radius 3 is 2.77 bits per heavy atom. The van der Waals surface area contributed by atoms with E-state index in [4.69, 9.17) is 4.98 Å². The summed E-state index contributed by atoms with van der Waals surface area (Å²) in [6.45, 7) is 3.54. The van der Waals surface area contributed by atoms with Gasteiger partial charge < -0.3 is 10.2 Å². The first-order chi connectivity index (χ1) is 12.7. The molecule has 1 aliphatic carbocycles. The molecule has 1 aliphatic heterocycles. The fourth-order valence-corrected chi connectivity index (χ4v) is 4.01. The molecule has 2 aromatic rings. The van der Waals surface area contributed by atoms with Crippen molar-refractivity contribution >= 4 is 17.5 Å². The second-order valence-electron chi connectivity index (χ2n) is 7.34. The number of amides is 1. The number of likely N-dealkylation sites (tertiary alicyclic amines) is 1. The SMILES string of the molecule is Cc1cc(Nc2ccccn2)nc([C@H]2CCN(C(=O)C3CCCC3)C2)n1. The molecule has 136 valence electrons. The van der Waals surface area contributed by atoms with Gasteiger partial charge in [0.05, 0.1) is 0 Å². The molecule has 4 rings (SSSR count). The van der Waals surface area contributed by atoms with E-state index in [1.165, 1.54) is 12.8 Å². The van der Waals surface area contributed by atoms with Gasteiger partial charge in [0, 0.05) is 42.9 Å². The number of rotatable bonds is 4. The van der Waals surface area contributed by atoms with Gasteiger partial charge in [0.1, 0.15) is 17.5 Å². The van der Waals surface area contributed by atoms with Crippen LogP contribution in [0.4, 0.5) is 11.6 Å². The van der Waals surface area contributed by atoms with E-state index in [9.17, 15) is 4.79 Å². The maximum absolute atomic E-state index is 12.7. The third-order valence-electron chi connectivity index (χ3n) is 5.36. The molecular formula is C20H25N5O. The summed E-state index contributed by atoms with van der Waals surface area (Å²) in [6, 6.07) is 7.66. The van der Waals surface area contributed by atoms with E-state index in [2.05, 4.69) is 15.3 Å². The molecule has 0 spiro atoms. The monoisotopic (exact) mass is 351 g/mol. The molecular weight excluding hydrogens is 326 g/mol. The minimum Gasteiger partial charge on any atom is -0.342 e. The molecule has 6 nitrogen and oxygen atoms in total. The van der Waals surface area contributed by atoms with Crippen molar-refractivity contribution in [1.29, 1.82) is 0 Å². The predicted molar refractivity (Wildman–Crippen MR) is 100 cm³/mol. The topological polar surface area (TPSA) is 71.0 Å². The molecule has 0 aromatic carbocycles. The van der Waals surface area contributed by atoms with Crippen molar-refractivity contribution < 1.29 is 4.79 Å². The quantitative estimate of drug-likeness (QED) is 0.914. The Labute approximate surface area is 154 Å². The van der Waals surface area contributed by atoms with Crippen molar-refractivity contribution in [2.75, 3.05) is 18.4 Å². The van der Waals surface area contributed by atoms with E-state index in [0.717, 1.165) is 55.5 Å². The lowest BCUT2D eigenvalue weighted by atomic mass is 10.1. The van der Waals surface area contributed by atoms with Crippen LogP contribution >= 0.6 is 0 Å². The van der Waals surface area contributed by atoms with E-state index in [1.807, 2.05) is 36.1 Å². The molecule has 2 aromatic heterocycles. The van der Waals surface area contributed by atoms with Gasteiger partial charge in [-0.3, -0.25) is 4.79 Å². The Hall–Kier alpha value is -2.50. The lowest BCUT2D eigenvalue weighted by molar-refractivity contribution is -0.134. The summed E-state index contributed by atoms with van der Waals surface area (Å²) < 4.78 is 0. The minimum absolute atomic E-state index is 0.213. The highest BCUT2D eigenvalue weighted by atomic mass is 16.2. The molecule has 0 unspecified atom stereocenters. The second kappa shape index (κ2) is 7.40. The molecule has 1 saturated heterocycles. The van der Waals surface area contributed by atoms with Crippen molar-refractivity contribution in [3.63, 3.8) is 0 Å². The van der Waals surface area contributed by atoms with Crippen LogP contribution in [0.25, 0.3) is 0 Å². The maximum Gasteiger partial charge on any atom is 0.225 e. The Balaban J connectivity index is 1.46. The number of nitrogens with one attached hydrogen (secondary N) is 1. The van der Waals surface area contributed by atoms with E-state index >= 15 is 0 Å². The van der Waals surface area contributed by atoms with Crippen molar-refractivity contribution in [2.24, 2.45) is 5.92 Å². The lowest BCUT2D eigenvalue weighted by Gasteiger charge is -2.20. The second-order valence-corrected chi connectivity index (χ2v) is 7.34. The van der Waals surface area contributed by atoms with Crippen LogP contribution < -0.4 is 5.32 Å². The van der Waals surface area contributed by atoms with Crippen LogP contribution in [0, 0.1) is 12.8 Å². The van der Waals surface area contributed by atoms with Crippen LogP contribution in [-0.2, 0) is 4.79 Å². The van der Waals surface area contributed by atoms with Crippen molar-refractivity contribution in [3.05, 3.63) is 42.0 Å². The number of aryl methyl sites for hydroxylation is 1. The number of hydrogen-bond donors (Lipinski definition) is 1. The number of nitrogens with zero attached hydrogens (tertiary/aromatic N) is 4. The summed E-state index contributed by atoms with van der Waals surface area (Å²) in [6.07, 6.45) is 7.18. The number of carbonyl (C=O) groups is 1. The summed E-state index contributed by atoms with van der Waals surface area (Å²) in [5, 5.41) is 3.24. The summed E-state index contributed by atoms with van der Waals surface area (Å²) in [5.74, 6) is 3.14. The van der Waals surface area contributed by atoms with Crippen LogP contribution in [0.2, 0.25) is 0 Å². The zero-order valence-electron chi connectivity index (χ0n) is 15.2. The Bertz CT molecular complexity index is 773. The number of anilines is 2. The molecule has 1 saturated carbocycles. The minimum atomic E-state index is 0.213. The molecule has 6 heteroatoms. The third-order valence-corrected chi connectivity index (χ3v) is 5.36. The number of aromatic nitrogens is 3.